The molecule has 4 heteroatoms. The predicted molar refractivity (Wildman–Crippen MR) is 102 cm³/mol. The molecule has 4 nitrogen and oxygen atoms in total. The average molecular weight is 340 g/mol. The van der Waals surface area contributed by atoms with E-state index in [0.29, 0.717) is 0 Å². The van der Waals surface area contributed by atoms with Gasteiger partial charge in [-0.15, -0.1) is 0 Å². The summed E-state index contributed by atoms with van der Waals surface area (Å²) in [6.07, 6.45) is 4.30. The highest BCUT2D eigenvalue weighted by Crippen LogP contribution is 2.25. The third-order valence-electron chi connectivity index (χ3n) is 5.02. The van der Waals surface area contributed by atoms with Gasteiger partial charge in [-0.3, -0.25) is 0 Å². The van der Waals surface area contributed by atoms with Crippen molar-refractivity contribution in [3.8, 4) is 11.4 Å². The summed E-state index contributed by atoms with van der Waals surface area (Å²) in [7, 11) is 4.18. The highest BCUT2D eigenvalue weighted by Gasteiger charge is 2.23. The number of rotatable bonds is 2. The highest BCUT2D eigenvalue weighted by molar-refractivity contribution is 5.78. The largest absolute Gasteiger partial charge is 0.249 e. The smallest absolute Gasteiger partial charge is 0.232 e. The Balaban J connectivity index is 1.83. The minimum Gasteiger partial charge on any atom is -0.232 e. The zero-order valence-electron chi connectivity index (χ0n) is 14.9. The van der Waals surface area contributed by atoms with E-state index in [2.05, 4.69) is 118 Å². The van der Waals surface area contributed by atoms with Crippen LogP contribution in [-0.2, 0) is 14.1 Å². The van der Waals surface area contributed by atoms with E-state index < -0.39 is 0 Å². The van der Waals surface area contributed by atoms with Gasteiger partial charge in [0, 0.05) is 0 Å². The molecule has 26 heavy (non-hydrogen) atoms. The van der Waals surface area contributed by atoms with Gasteiger partial charge in [-0.25, -0.2) is 9.13 Å². The predicted octanol–water partition coefficient (Wildman–Crippen LogP) is 3.22. The summed E-state index contributed by atoms with van der Waals surface area (Å²) < 4.78 is 8.86. The van der Waals surface area contributed by atoms with Gasteiger partial charge in [0.25, 0.3) is 0 Å². The summed E-state index contributed by atoms with van der Waals surface area (Å²) in [6, 6.07) is 25.5. The quantitative estimate of drug-likeness (QED) is 0.439. The van der Waals surface area contributed by atoms with Crippen molar-refractivity contribution in [3.63, 3.8) is 0 Å². The van der Waals surface area contributed by atoms with Gasteiger partial charge >= 0.3 is 0 Å². The number of benzene rings is 3. The number of aryl methyl sites for hydroxylation is 2. The molecule has 0 radical (unpaired) electrons. The molecule has 126 valence electrons. The van der Waals surface area contributed by atoms with Gasteiger partial charge in [-0.1, -0.05) is 36.4 Å². The molecular weight excluding hydrogens is 320 g/mol. The first kappa shape index (κ1) is 14.9. The zero-order valence-corrected chi connectivity index (χ0v) is 14.9. The monoisotopic (exact) mass is 340 g/mol. The van der Waals surface area contributed by atoms with Crippen LogP contribution in [0.15, 0.2) is 85.5 Å². The number of fused-ring (bicyclic) bond motifs is 2. The molecule has 5 aromatic rings. The van der Waals surface area contributed by atoms with E-state index in [1.807, 2.05) is 0 Å². The van der Waals surface area contributed by atoms with Crippen LogP contribution in [-0.4, -0.2) is 9.13 Å². The second-order valence-corrected chi connectivity index (χ2v) is 6.66. The SMILES string of the molecule is C[n+]1cn(-c2ccccc2-n2c[n+](C)c3ccccc32)c2ccccc21. The van der Waals surface area contributed by atoms with Crippen molar-refractivity contribution in [2.45, 2.75) is 0 Å². The Hall–Kier alpha value is -3.40. The molecule has 3 aromatic carbocycles. The van der Waals surface area contributed by atoms with Gasteiger partial charge in [-0.05, 0) is 36.4 Å². The number of aromatic nitrogens is 4. The summed E-state index contributed by atoms with van der Waals surface area (Å²) in [6.45, 7) is 0. The van der Waals surface area contributed by atoms with Gasteiger partial charge in [0.1, 0.15) is 0 Å². The van der Waals surface area contributed by atoms with Crippen LogP contribution in [0, 0.1) is 0 Å². The molecule has 0 saturated carbocycles. The van der Waals surface area contributed by atoms with E-state index in [1.165, 1.54) is 22.1 Å². The van der Waals surface area contributed by atoms with Crippen molar-refractivity contribution >= 4 is 22.1 Å². The maximum absolute atomic E-state index is 2.26. The average Bonchev–Trinajstić information content (AvgIpc) is 3.20. The zero-order chi connectivity index (χ0) is 17.7. The highest BCUT2D eigenvalue weighted by atomic mass is 15.2. The molecule has 0 fully saturated rings. The Bertz CT molecular complexity index is 1160. The van der Waals surface area contributed by atoms with Gasteiger partial charge in [0.15, 0.2) is 33.4 Å². The lowest BCUT2D eigenvalue weighted by Gasteiger charge is -2.03. The third kappa shape index (κ3) is 2.09. The Kier molecular flexibility index (Phi) is 3.19. The molecule has 0 unspecified atom stereocenters. The summed E-state index contributed by atoms with van der Waals surface area (Å²) in [4.78, 5) is 0. The summed E-state index contributed by atoms with van der Waals surface area (Å²) in [5.74, 6) is 0. The van der Waals surface area contributed by atoms with E-state index in [9.17, 15) is 0 Å². The van der Waals surface area contributed by atoms with E-state index in [0.717, 1.165) is 11.4 Å². The first-order valence-electron chi connectivity index (χ1n) is 8.75. The standard InChI is InChI=1S/C22H20N4/c1-23-15-25(19-11-5-3-9-17(19)23)21-13-7-8-14-22(21)26-16-24(2)18-10-4-6-12-20(18)26/h3-16H,1-2H3/q+2. The summed E-state index contributed by atoms with van der Waals surface area (Å²) in [5.41, 5.74) is 7.14. The molecule has 5 rings (SSSR count). The molecule has 0 amide bonds. The maximum Gasteiger partial charge on any atom is 0.249 e. The first-order chi connectivity index (χ1) is 12.7. The van der Waals surface area contributed by atoms with Crippen LogP contribution in [0.1, 0.15) is 0 Å². The van der Waals surface area contributed by atoms with Crippen LogP contribution in [0.2, 0.25) is 0 Å². The molecule has 0 atom stereocenters. The van der Waals surface area contributed by atoms with Crippen LogP contribution >= 0.6 is 0 Å². The van der Waals surface area contributed by atoms with Gasteiger partial charge in [-0.2, -0.15) is 9.13 Å². The Morgan fingerprint density at radius 2 is 0.923 bits per heavy atom. The van der Waals surface area contributed by atoms with Gasteiger partial charge in [0.05, 0.1) is 14.1 Å². The summed E-state index contributed by atoms with van der Waals surface area (Å²) >= 11 is 0. The molecule has 2 heterocycles. The van der Waals surface area contributed by atoms with Crippen LogP contribution in [0.25, 0.3) is 33.4 Å². The van der Waals surface area contributed by atoms with E-state index in [1.54, 1.807) is 0 Å². The minimum atomic E-state index is 1.16. The molecule has 0 aliphatic rings. The Morgan fingerprint density at radius 3 is 1.38 bits per heavy atom. The minimum absolute atomic E-state index is 1.16. The molecule has 0 bridgehead atoms. The maximum atomic E-state index is 2.26. The van der Waals surface area contributed by atoms with E-state index >= 15 is 0 Å². The molecule has 0 spiro atoms. The second kappa shape index (κ2) is 5.56. The number of imidazole rings is 2. The van der Waals surface area contributed by atoms with Crippen molar-refractivity contribution in [2.24, 2.45) is 14.1 Å². The fourth-order valence-corrected chi connectivity index (χ4v) is 3.78. The lowest BCUT2D eigenvalue weighted by Crippen LogP contribution is -2.25. The van der Waals surface area contributed by atoms with Crippen LogP contribution in [0.4, 0.5) is 0 Å². The number of para-hydroxylation sites is 6. The molecule has 0 N–H and O–H groups in total. The molecule has 0 saturated heterocycles. The van der Waals surface area contributed by atoms with Crippen LogP contribution in [0.3, 0.4) is 0 Å². The number of nitrogens with zero attached hydrogens (tertiary/aromatic N) is 4. The van der Waals surface area contributed by atoms with Crippen molar-refractivity contribution in [2.75, 3.05) is 0 Å². The summed E-state index contributed by atoms with van der Waals surface area (Å²) in [5, 5.41) is 0. The van der Waals surface area contributed by atoms with Crippen molar-refractivity contribution in [1.82, 2.24) is 9.13 Å². The first-order valence-corrected chi connectivity index (χ1v) is 8.75. The fraction of sp³-hybridized carbons (Fsp3) is 0.0909. The van der Waals surface area contributed by atoms with Crippen LogP contribution in [0.5, 0.6) is 0 Å². The van der Waals surface area contributed by atoms with Crippen molar-refractivity contribution in [1.29, 1.82) is 0 Å². The molecular formula is C22H20N4+2. The molecule has 2 aromatic heterocycles. The van der Waals surface area contributed by atoms with Gasteiger partial charge in [0.2, 0.25) is 12.7 Å². The Labute approximate surface area is 151 Å². The molecule has 0 aliphatic carbocycles. The normalized spacial score (nSPS) is 11.5. The lowest BCUT2D eigenvalue weighted by molar-refractivity contribution is -0.645. The van der Waals surface area contributed by atoms with E-state index in [4.69, 9.17) is 0 Å². The van der Waals surface area contributed by atoms with E-state index in [-0.39, 0.29) is 0 Å². The lowest BCUT2D eigenvalue weighted by atomic mass is 10.2. The third-order valence-corrected chi connectivity index (χ3v) is 5.02. The molecule has 0 aliphatic heterocycles. The number of hydrogen-bond donors (Lipinski definition) is 0. The van der Waals surface area contributed by atoms with Crippen molar-refractivity contribution < 1.29 is 9.13 Å². The fourth-order valence-electron chi connectivity index (χ4n) is 3.78. The number of hydrogen-bond acceptors (Lipinski definition) is 0. The van der Waals surface area contributed by atoms with Crippen molar-refractivity contribution in [3.05, 3.63) is 85.5 Å². The Morgan fingerprint density at radius 1 is 0.538 bits per heavy atom. The van der Waals surface area contributed by atoms with Crippen LogP contribution < -0.4 is 9.13 Å². The topological polar surface area (TPSA) is 17.6 Å². The van der Waals surface area contributed by atoms with Gasteiger partial charge < -0.3 is 0 Å². The second-order valence-electron chi connectivity index (χ2n) is 6.66.